The van der Waals surface area contributed by atoms with Crippen LogP contribution in [0.2, 0.25) is 0 Å². The van der Waals surface area contributed by atoms with E-state index in [0.717, 1.165) is 13.0 Å². The first kappa shape index (κ1) is 17.7. The van der Waals surface area contributed by atoms with Crippen LogP contribution < -0.4 is 10.6 Å². The lowest BCUT2D eigenvalue weighted by molar-refractivity contribution is -0.121. The van der Waals surface area contributed by atoms with Crippen LogP contribution in [0, 0.1) is 5.92 Å². The Kier molecular flexibility index (Phi) is 8.69. The van der Waals surface area contributed by atoms with Gasteiger partial charge >= 0.3 is 0 Å². The fraction of sp³-hybridized carbons (Fsp3) is 0.600. The van der Waals surface area contributed by atoms with Crippen LogP contribution in [-0.2, 0) is 9.53 Å². The van der Waals surface area contributed by atoms with E-state index in [-0.39, 0.29) is 11.8 Å². The van der Waals surface area contributed by atoms with Gasteiger partial charge in [-0.1, -0.05) is 19.9 Å². The van der Waals surface area contributed by atoms with Crippen molar-refractivity contribution in [1.29, 1.82) is 0 Å². The second kappa shape index (κ2) is 10.3. The molecule has 21 heavy (non-hydrogen) atoms. The molecule has 1 rings (SSSR count). The van der Waals surface area contributed by atoms with Gasteiger partial charge in [0.25, 0.3) is 5.91 Å². The number of hydrogen-bond donors (Lipinski definition) is 2. The first-order valence-electron chi connectivity index (χ1n) is 7.25. The predicted molar refractivity (Wildman–Crippen MR) is 84.6 cm³/mol. The molecule has 0 aliphatic heterocycles. The van der Waals surface area contributed by atoms with Crippen molar-refractivity contribution >= 4 is 23.2 Å². The number of hydrogen-bond acceptors (Lipinski definition) is 4. The summed E-state index contributed by atoms with van der Waals surface area (Å²) in [5, 5.41) is 7.39. The first-order valence-corrected chi connectivity index (χ1v) is 8.13. The number of amides is 2. The van der Waals surface area contributed by atoms with Crippen molar-refractivity contribution in [2.75, 3.05) is 26.3 Å². The number of rotatable bonds is 10. The summed E-state index contributed by atoms with van der Waals surface area (Å²) in [5.41, 5.74) is 0. The Morgan fingerprint density at radius 2 is 2.10 bits per heavy atom. The third kappa shape index (κ3) is 8.47. The zero-order valence-corrected chi connectivity index (χ0v) is 13.5. The van der Waals surface area contributed by atoms with E-state index in [0.29, 0.717) is 36.9 Å². The molecule has 2 amide bonds. The van der Waals surface area contributed by atoms with Crippen LogP contribution in [0.4, 0.5) is 0 Å². The van der Waals surface area contributed by atoms with Crippen molar-refractivity contribution in [2.24, 2.45) is 5.92 Å². The van der Waals surface area contributed by atoms with Crippen molar-refractivity contribution in [3.05, 3.63) is 22.4 Å². The SMILES string of the molecule is CC(C)COCCCNC(=O)CCNC(=O)c1cccs1. The molecule has 0 radical (unpaired) electrons. The number of carbonyl (C=O) groups excluding carboxylic acids is 2. The highest BCUT2D eigenvalue weighted by Gasteiger charge is 2.06. The maximum atomic E-state index is 11.6. The molecule has 1 aromatic heterocycles. The Bertz CT molecular complexity index is 419. The lowest BCUT2D eigenvalue weighted by Gasteiger charge is -2.08. The predicted octanol–water partition coefficient (Wildman–Crippen LogP) is 2.05. The van der Waals surface area contributed by atoms with Gasteiger partial charge in [0, 0.05) is 32.7 Å². The monoisotopic (exact) mass is 312 g/mol. The third-order valence-corrected chi connectivity index (χ3v) is 3.49. The van der Waals surface area contributed by atoms with Crippen LogP contribution in [0.5, 0.6) is 0 Å². The molecule has 0 bridgehead atoms. The molecule has 0 unspecified atom stereocenters. The summed E-state index contributed by atoms with van der Waals surface area (Å²) in [4.78, 5) is 23.8. The smallest absolute Gasteiger partial charge is 0.261 e. The van der Waals surface area contributed by atoms with Gasteiger partial charge in [0.2, 0.25) is 5.91 Å². The molecule has 0 aliphatic rings. The largest absolute Gasteiger partial charge is 0.381 e. The summed E-state index contributed by atoms with van der Waals surface area (Å²) < 4.78 is 5.42. The summed E-state index contributed by atoms with van der Waals surface area (Å²) in [6.07, 6.45) is 1.10. The van der Waals surface area contributed by atoms with Gasteiger partial charge in [0.05, 0.1) is 4.88 Å². The van der Waals surface area contributed by atoms with Crippen LogP contribution in [-0.4, -0.2) is 38.1 Å². The van der Waals surface area contributed by atoms with Gasteiger partial charge in [0.1, 0.15) is 0 Å². The molecule has 0 spiro atoms. The van der Waals surface area contributed by atoms with Crippen molar-refractivity contribution in [1.82, 2.24) is 10.6 Å². The molecule has 0 atom stereocenters. The Hall–Kier alpha value is -1.40. The Morgan fingerprint density at radius 1 is 1.29 bits per heavy atom. The van der Waals surface area contributed by atoms with Crippen LogP contribution >= 0.6 is 11.3 Å². The van der Waals surface area contributed by atoms with Gasteiger partial charge in [-0.05, 0) is 23.8 Å². The molecular weight excluding hydrogens is 288 g/mol. The van der Waals surface area contributed by atoms with Gasteiger partial charge in [-0.3, -0.25) is 9.59 Å². The summed E-state index contributed by atoms with van der Waals surface area (Å²) in [6, 6.07) is 3.59. The molecule has 118 valence electrons. The van der Waals surface area contributed by atoms with E-state index in [4.69, 9.17) is 4.74 Å². The minimum atomic E-state index is -0.125. The molecule has 5 nitrogen and oxygen atoms in total. The second-order valence-corrected chi connectivity index (χ2v) is 6.10. The number of thiophene rings is 1. The highest BCUT2D eigenvalue weighted by molar-refractivity contribution is 7.12. The van der Waals surface area contributed by atoms with E-state index in [1.165, 1.54) is 11.3 Å². The standard InChI is InChI=1S/C15H24N2O3S/c1-12(2)11-20-9-4-7-16-14(18)6-8-17-15(19)13-5-3-10-21-13/h3,5,10,12H,4,6-9,11H2,1-2H3,(H,16,18)(H,17,19). The lowest BCUT2D eigenvalue weighted by atomic mass is 10.2. The molecular formula is C15H24N2O3S. The number of carbonyl (C=O) groups is 2. The molecule has 2 N–H and O–H groups in total. The van der Waals surface area contributed by atoms with E-state index < -0.39 is 0 Å². The summed E-state index contributed by atoms with van der Waals surface area (Å²) in [6.45, 7) is 6.58. The maximum absolute atomic E-state index is 11.6. The van der Waals surface area contributed by atoms with Gasteiger partial charge < -0.3 is 15.4 Å². The minimum Gasteiger partial charge on any atom is -0.381 e. The Labute approximate surface area is 130 Å². The molecule has 0 aromatic carbocycles. The Morgan fingerprint density at radius 3 is 2.76 bits per heavy atom. The van der Waals surface area contributed by atoms with Gasteiger partial charge in [-0.15, -0.1) is 11.3 Å². The van der Waals surface area contributed by atoms with Gasteiger partial charge in [0.15, 0.2) is 0 Å². The summed E-state index contributed by atoms with van der Waals surface area (Å²) in [7, 11) is 0. The average molecular weight is 312 g/mol. The van der Waals surface area contributed by atoms with E-state index in [9.17, 15) is 9.59 Å². The fourth-order valence-corrected chi connectivity index (χ4v) is 2.23. The quantitative estimate of drug-likeness (QED) is 0.650. The van der Waals surface area contributed by atoms with E-state index in [1.54, 1.807) is 6.07 Å². The van der Waals surface area contributed by atoms with Crippen molar-refractivity contribution < 1.29 is 14.3 Å². The molecule has 0 saturated heterocycles. The van der Waals surface area contributed by atoms with Crippen LogP contribution in [0.15, 0.2) is 17.5 Å². The molecule has 0 saturated carbocycles. The molecule has 0 aliphatic carbocycles. The van der Waals surface area contributed by atoms with E-state index in [1.807, 2.05) is 11.4 Å². The summed E-state index contributed by atoms with van der Waals surface area (Å²) >= 11 is 1.39. The second-order valence-electron chi connectivity index (χ2n) is 5.16. The Balaban J connectivity index is 1.98. The van der Waals surface area contributed by atoms with Crippen molar-refractivity contribution in [3.8, 4) is 0 Å². The zero-order chi connectivity index (χ0) is 15.5. The maximum Gasteiger partial charge on any atom is 0.261 e. The number of ether oxygens (including phenoxy) is 1. The van der Waals surface area contributed by atoms with E-state index >= 15 is 0 Å². The normalized spacial score (nSPS) is 10.6. The molecule has 6 heteroatoms. The average Bonchev–Trinajstić information content (AvgIpc) is 2.96. The first-order chi connectivity index (χ1) is 10.1. The fourth-order valence-electron chi connectivity index (χ4n) is 1.59. The van der Waals surface area contributed by atoms with E-state index in [2.05, 4.69) is 24.5 Å². The highest BCUT2D eigenvalue weighted by Crippen LogP contribution is 2.07. The highest BCUT2D eigenvalue weighted by atomic mass is 32.1. The summed E-state index contributed by atoms with van der Waals surface area (Å²) in [5.74, 6) is 0.358. The van der Waals surface area contributed by atoms with Crippen LogP contribution in [0.1, 0.15) is 36.4 Å². The van der Waals surface area contributed by atoms with Gasteiger partial charge in [-0.25, -0.2) is 0 Å². The van der Waals surface area contributed by atoms with Crippen molar-refractivity contribution in [3.63, 3.8) is 0 Å². The number of nitrogens with one attached hydrogen (secondary N) is 2. The van der Waals surface area contributed by atoms with Gasteiger partial charge in [-0.2, -0.15) is 0 Å². The molecule has 0 fully saturated rings. The molecule has 1 aromatic rings. The zero-order valence-electron chi connectivity index (χ0n) is 12.7. The topological polar surface area (TPSA) is 67.4 Å². The lowest BCUT2D eigenvalue weighted by Crippen LogP contribution is -2.31. The van der Waals surface area contributed by atoms with Crippen molar-refractivity contribution in [2.45, 2.75) is 26.7 Å². The van der Waals surface area contributed by atoms with Crippen LogP contribution in [0.25, 0.3) is 0 Å². The van der Waals surface area contributed by atoms with Crippen LogP contribution in [0.3, 0.4) is 0 Å². The third-order valence-electron chi connectivity index (χ3n) is 2.62. The minimum absolute atomic E-state index is 0.0506. The molecule has 1 heterocycles.